The predicted molar refractivity (Wildman–Crippen MR) is 125 cm³/mol. The topological polar surface area (TPSA) is 74.4 Å². The van der Waals surface area contributed by atoms with E-state index >= 15 is 0 Å². The highest BCUT2D eigenvalue weighted by atomic mass is 16.5. The highest BCUT2D eigenvalue weighted by molar-refractivity contribution is 6.03. The number of fused-ring (bicyclic) bond motifs is 7. The van der Waals surface area contributed by atoms with Crippen LogP contribution in [0.1, 0.15) is 38.8 Å². The summed E-state index contributed by atoms with van der Waals surface area (Å²) in [6, 6.07) is 22.5. The van der Waals surface area contributed by atoms with Crippen LogP contribution < -0.4 is 10.1 Å². The van der Waals surface area contributed by atoms with Crippen molar-refractivity contribution in [1.82, 2.24) is 15.2 Å². The first-order chi connectivity index (χ1) is 16.2. The summed E-state index contributed by atoms with van der Waals surface area (Å²) in [4.78, 5) is 32.3. The maximum absolute atomic E-state index is 13.5. The Morgan fingerprint density at radius 2 is 1.82 bits per heavy atom. The normalized spacial score (nSPS) is 18.6. The summed E-state index contributed by atoms with van der Waals surface area (Å²) in [5.41, 5.74) is 5.63. The third kappa shape index (κ3) is 2.94. The van der Waals surface area contributed by atoms with Crippen LogP contribution in [0.15, 0.2) is 72.8 Å². The molecule has 0 unspecified atom stereocenters. The number of nitrogens with one attached hydrogen (secondary N) is 2. The average molecular weight is 437 g/mol. The fraction of sp³-hybridized carbons (Fsp3) is 0.185. The molecule has 2 amide bonds. The highest BCUT2D eigenvalue weighted by Gasteiger charge is 2.48. The van der Waals surface area contributed by atoms with Crippen molar-refractivity contribution in [2.75, 3.05) is 7.11 Å². The number of rotatable bonds is 4. The van der Waals surface area contributed by atoms with Crippen molar-refractivity contribution in [3.05, 3.63) is 101 Å². The number of carbonyl (C=O) groups is 2. The van der Waals surface area contributed by atoms with Gasteiger partial charge >= 0.3 is 0 Å². The molecule has 3 heterocycles. The van der Waals surface area contributed by atoms with Gasteiger partial charge in [0, 0.05) is 40.7 Å². The molecule has 2 atom stereocenters. The lowest BCUT2D eigenvalue weighted by molar-refractivity contribution is -0.126. The lowest BCUT2D eigenvalue weighted by Gasteiger charge is -2.37. The molecular weight excluding hydrogens is 414 g/mol. The predicted octanol–water partition coefficient (Wildman–Crippen LogP) is 3.96. The van der Waals surface area contributed by atoms with E-state index in [1.807, 2.05) is 66.7 Å². The Balaban J connectivity index is 1.40. The Morgan fingerprint density at radius 3 is 2.70 bits per heavy atom. The maximum atomic E-state index is 13.5. The van der Waals surface area contributed by atoms with Gasteiger partial charge < -0.3 is 19.9 Å². The van der Waals surface area contributed by atoms with Crippen LogP contribution in [0, 0.1) is 0 Å². The van der Waals surface area contributed by atoms with Crippen LogP contribution in [0.25, 0.3) is 10.9 Å². The van der Waals surface area contributed by atoms with Crippen molar-refractivity contribution in [2.45, 2.75) is 25.0 Å². The molecule has 0 saturated carbocycles. The van der Waals surface area contributed by atoms with Gasteiger partial charge in [0.15, 0.2) is 0 Å². The van der Waals surface area contributed by atoms with Crippen LogP contribution in [0.3, 0.4) is 0 Å². The number of amides is 2. The molecule has 164 valence electrons. The number of H-pyrrole nitrogens is 1. The summed E-state index contributed by atoms with van der Waals surface area (Å²) in [6.45, 7) is 0.333. The number of ether oxygens (including phenoxy) is 1. The molecule has 0 fully saturated rings. The molecule has 6 rings (SSSR count). The van der Waals surface area contributed by atoms with Gasteiger partial charge in [0.25, 0.3) is 5.91 Å². The molecule has 2 N–H and O–H groups in total. The van der Waals surface area contributed by atoms with E-state index < -0.39 is 6.04 Å². The van der Waals surface area contributed by atoms with Crippen LogP contribution in [0.5, 0.6) is 5.75 Å². The third-order valence-electron chi connectivity index (χ3n) is 6.80. The summed E-state index contributed by atoms with van der Waals surface area (Å²) in [7, 11) is 1.62. The quantitative estimate of drug-likeness (QED) is 0.508. The standard InChI is InChI=1S/C27H23N3O3/c1-33-23-13-7-2-8-16(23)15-28-26(31)22-14-20-17-9-5-6-12-21(17)29-24(20)25-18-10-3-4-11-19(18)27(32)30(22)25/h2-13,22,25,29H,14-15H2,1H3,(H,28,31)/t22-,25+/m0/s1. The second-order valence-electron chi connectivity index (χ2n) is 8.51. The third-order valence-corrected chi connectivity index (χ3v) is 6.80. The molecule has 3 aromatic carbocycles. The van der Waals surface area contributed by atoms with Crippen molar-refractivity contribution in [3.8, 4) is 5.75 Å². The molecule has 0 spiro atoms. The number of nitrogens with zero attached hydrogens (tertiary/aromatic N) is 1. The second-order valence-corrected chi connectivity index (χ2v) is 8.51. The van der Waals surface area contributed by atoms with Gasteiger partial charge in [-0.15, -0.1) is 0 Å². The van der Waals surface area contributed by atoms with Crippen LogP contribution in [-0.4, -0.2) is 34.8 Å². The van der Waals surface area contributed by atoms with Crippen LogP contribution >= 0.6 is 0 Å². The zero-order valence-electron chi connectivity index (χ0n) is 18.2. The Kier molecular flexibility index (Phi) is 4.47. The lowest BCUT2D eigenvalue weighted by Crippen LogP contribution is -2.52. The molecule has 6 heteroatoms. The number of benzene rings is 3. The van der Waals surface area contributed by atoms with Crippen LogP contribution in [0.2, 0.25) is 0 Å². The highest BCUT2D eigenvalue weighted by Crippen LogP contribution is 2.46. The van der Waals surface area contributed by atoms with Crippen molar-refractivity contribution >= 4 is 22.7 Å². The number of para-hydroxylation sites is 2. The average Bonchev–Trinajstić information content (AvgIpc) is 3.38. The monoisotopic (exact) mass is 437 g/mol. The number of methoxy groups -OCH3 is 1. The summed E-state index contributed by atoms with van der Waals surface area (Å²) >= 11 is 0. The molecular formula is C27H23N3O3. The SMILES string of the molecule is COc1ccccc1CNC(=O)[C@@H]1Cc2c([nH]c3ccccc23)[C@H]2c3ccccc3C(=O)N21. The molecule has 6 nitrogen and oxygen atoms in total. The zero-order chi connectivity index (χ0) is 22.5. The van der Waals surface area contributed by atoms with Crippen molar-refractivity contribution < 1.29 is 14.3 Å². The summed E-state index contributed by atoms with van der Waals surface area (Å²) in [6.07, 6.45) is 0.466. The smallest absolute Gasteiger partial charge is 0.255 e. The Labute approximate surface area is 191 Å². The van der Waals surface area contributed by atoms with Crippen molar-refractivity contribution in [3.63, 3.8) is 0 Å². The van der Waals surface area contributed by atoms with E-state index in [-0.39, 0.29) is 17.9 Å². The first-order valence-corrected chi connectivity index (χ1v) is 11.1. The van der Waals surface area contributed by atoms with E-state index in [9.17, 15) is 9.59 Å². The minimum Gasteiger partial charge on any atom is -0.496 e. The fourth-order valence-corrected chi connectivity index (χ4v) is 5.29. The minimum absolute atomic E-state index is 0.0997. The summed E-state index contributed by atoms with van der Waals surface area (Å²) in [5, 5.41) is 4.15. The lowest BCUT2D eigenvalue weighted by atomic mass is 9.90. The first kappa shape index (κ1) is 19.6. The largest absolute Gasteiger partial charge is 0.496 e. The van der Waals surface area contributed by atoms with Crippen LogP contribution in [-0.2, 0) is 17.8 Å². The van der Waals surface area contributed by atoms with Gasteiger partial charge in [-0.25, -0.2) is 0 Å². The van der Waals surface area contributed by atoms with Gasteiger partial charge in [0.05, 0.1) is 13.2 Å². The maximum Gasteiger partial charge on any atom is 0.255 e. The number of hydrogen-bond donors (Lipinski definition) is 2. The first-order valence-electron chi connectivity index (χ1n) is 11.1. The van der Waals surface area contributed by atoms with Crippen molar-refractivity contribution in [2.24, 2.45) is 0 Å². The molecule has 4 aromatic rings. The molecule has 0 aliphatic carbocycles. The summed E-state index contributed by atoms with van der Waals surface area (Å²) < 4.78 is 5.42. The number of aromatic amines is 1. The molecule has 0 radical (unpaired) electrons. The Bertz CT molecular complexity index is 1410. The van der Waals surface area contributed by atoms with Gasteiger partial charge in [0.1, 0.15) is 11.8 Å². The second kappa shape index (κ2) is 7.52. The van der Waals surface area contributed by atoms with Gasteiger partial charge in [-0.3, -0.25) is 9.59 Å². The van der Waals surface area contributed by atoms with Gasteiger partial charge in [0.2, 0.25) is 5.91 Å². The molecule has 0 saturated heterocycles. The van der Waals surface area contributed by atoms with Gasteiger partial charge in [-0.2, -0.15) is 0 Å². The van der Waals surface area contributed by atoms with E-state index in [2.05, 4.69) is 16.4 Å². The Hall–Kier alpha value is -4.06. The molecule has 2 aliphatic rings. The molecule has 33 heavy (non-hydrogen) atoms. The van der Waals surface area contributed by atoms with E-state index in [1.165, 1.54) is 0 Å². The summed E-state index contributed by atoms with van der Waals surface area (Å²) in [5.74, 6) is 0.461. The van der Waals surface area contributed by atoms with E-state index in [0.29, 0.717) is 18.5 Å². The molecule has 0 bridgehead atoms. The van der Waals surface area contributed by atoms with E-state index in [1.54, 1.807) is 12.0 Å². The zero-order valence-corrected chi connectivity index (χ0v) is 18.2. The molecule has 1 aromatic heterocycles. The molecule has 2 aliphatic heterocycles. The fourth-order valence-electron chi connectivity index (χ4n) is 5.29. The minimum atomic E-state index is -0.601. The number of aromatic nitrogens is 1. The number of carbonyl (C=O) groups excluding carboxylic acids is 2. The van der Waals surface area contributed by atoms with Crippen LogP contribution in [0.4, 0.5) is 0 Å². The van der Waals surface area contributed by atoms with E-state index in [0.717, 1.165) is 39.0 Å². The number of hydrogen-bond acceptors (Lipinski definition) is 3. The van der Waals surface area contributed by atoms with E-state index in [4.69, 9.17) is 4.74 Å². The van der Waals surface area contributed by atoms with Gasteiger partial charge in [-0.1, -0.05) is 54.6 Å². The van der Waals surface area contributed by atoms with Gasteiger partial charge in [-0.05, 0) is 29.3 Å². The van der Waals surface area contributed by atoms with Crippen molar-refractivity contribution in [1.29, 1.82) is 0 Å². The Morgan fingerprint density at radius 1 is 1.06 bits per heavy atom.